The van der Waals surface area contributed by atoms with Gasteiger partial charge in [-0.1, -0.05) is 12.1 Å². The molecule has 0 unspecified atom stereocenters. The smallest absolute Gasteiger partial charge is 0.257 e. The number of hydrogen-bond acceptors (Lipinski definition) is 5. The summed E-state index contributed by atoms with van der Waals surface area (Å²) in [7, 11) is 0. The molecule has 0 saturated carbocycles. The van der Waals surface area contributed by atoms with E-state index < -0.39 is 0 Å². The van der Waals surface area contributed by atoms with Crippen molar-refractivity contribution in [1.29, 1.82) is 0 Å². The monoisotopic (exact) mass is 388 g/mol. The normalized spacial score (nSPS) is 10.1. The minimum Gasteiger partial charge on any atom is -0.354 e. The van der Waals surface area contributed by atoms with Gasteiger partial charge in [0.1, 0.15) is 0 Å². The lowest BCUT2D eigenvalue weighted by atomic mass is 10.1. The van der Waals surface area contributed by atoms with Crippen molar-refractivity contribution >= 4 is 40.3 Å². The molecule has 7 nitrogen and oxygen atoms in total. The van der Waals surface area contributed by atoms with Crippen molar-refractivity contribution in [2.75, 3.05) is 16.0 Å². The predicted octanol–water partition coefficient (Wildman–Crippen LogP) is 4.24. The van der Waals surface area contributed by atoms with Crippen LogP contribution in [0.2, 0.25) is 0 Å². The largest absolute Gasteiger partial charge is 0.354 e. The number of nitrogens with zero attached hydrogens (tertiary/aromatic N) is 1. The van der Waals surface area contributed by atoms with E-state index in [1.165, 1.54) is 20.0 Å². The summed E-state index contributed by atoms with van der Waals surface area (Å²) in [5.74, 6) is -0.499. The molecule has 0 saturated heterocycles. The molecule has 1 aromatic heterocycles. The number of Topliss-reactive ketones (excluding diaryl/α,β-unsaturated/α-hetero) is 1. The molecular weight excluding hydrogens is 368 g/mol. The third kappa shape index (κ3) is 5.49. The Morgan fingerprint density at radius 3 is 2.03 bits per heavy atom. The average molecular weight is 388 g/mol. The molecular formula is C22H20N4O3. The number of rotatable bonds is 6. The van der Waals surface area contributed by atoms with Crippen LogP contribution >= 0.6 is 0 Å². The van der Waals surface area contributed by atoms with Crippen LogP contribution in [0.1, 0.15) is 34.6 Å². The van der Waals surface area contributed by atoms with E-state index in [9.17, 15) is 14.4 Å². The van der Waals surface area contributed by atoms with Crippen molar-refractivity contribution in [3.8, 4) is 0 Å². The summed E-state index contributed by atoms with van der Waals surface area (Å²) in [5.41, 5.74) is 3.57. The van der Waals surface area contributed by atoms with Gasteiger partial charge in [-0.3, -0.25) is 19.4 Å². The first-order chi connectivity index (χ1) is 13.9. The van der Waals surface area contributed by atoms with Gasteiger partial charge in [-0.25, -0.2) is 0 Å². The first kappa shape index (κ1) is 19.8. The summed E-state index contributed by atoms with van der Waals surface area (Å²) in [5, 5.41) is 8.61. The summed E-state index contributed by atoms with van der Waals surface area (Å²) >= 11 is 0. The molecule has 3 rings (SSSR count). The van der Waals surface area contributed by atoms with Crippen LogP contribution in [-0.2, 0) is 4.79 Å². The molecule has 3 aromatic rings. The molecule has 0 radical (unpaired) electrons. The molecule has 0 aliphatic carbocycles. The number of benzene rings is 2. The van der Waals surface area contributed by atoms with Gasteiger partial charge < -0.3 is 16.0 Å². The maximum absolute atomic E-state index is 12.5. The molecule has 0 bridgehead atoms. The van der Waals surface area contributed by atoms with E-state index in [2.05, 4.69) is 20.9 Å². The highest BCUT2D eigenvalue weighted by Crippen LogP contribution is 2.19. The third-order valence-electron chi connectivity index (χ3n) is 4.02. The van der Waals surface area contributed by atoms with E-state index in [-0.39, 0.29) is 17.6 Å². The Labute approximate surface area is 168 Å². The van der Waals surface area contributed by atoms with Gasteiger partial charge in [0.25, 0.3) is 5.91 Å². The van der Waals surface area contributed by atoms with E-state index >= 15 is 0 Å². The van der Waals surface area contributed by atoms with E-state index in [1.54, 1.807) is 54.7 Å². The Morgan fingerprint density at radius 1 is 0.724 bits per heavy atom. The zero-order valence-corrected chi connectivity index (χ0v) is 16.0. The Kier molecular flexibility index (Phi) is 5.99. The van der Waals surface area contributed by atoms with Crippen molar-refractivity contribution in [1.82, 2.24) is 4.98 Å². The van der Waals surface area contributed by atoms with Crippen LogP contribution in [0.25, 0.3) is 0 Å². The lowest BCUT2D eigenvalue weighted by Gasteiger charge is -2.10. The third-order valence-corrected chi connectivity index (χ3v) is 4.02. The van der Waals surface area contributed by atoms with Crippen LogP contribution in [-0.4, -0.2) is 22.6 Å². The molecule has 7 heteroatoms. The number of ketones is 1. The Bertz CT molecular complexity index is 1060. The second-order valence-corrected chi connectivity index (χ2v) is 6.44. The molecule has 146 valence electrons. The summed E-state index contributed by atoms with van der Waals surface area (Å²) in [6.45, 7) is 2.94. The van der Waals surface area contributed by atoms with Crippen LogP contribution in [0.5, 0.6) is 0 Å². The highest BCUT2D eigenvalue weighted by atomic mass is 16.2. The standard InChI is InChI=1S/C22H20N4O3/c1-14(27)16-4-3-5-20(10-16)25-21-11-17(12-23-13-21)22(29)26-19-8-6-18(7-9-19)24-15(2)28/h3-13,25H,1-2H3,(H,24,28)(H,26,29). The molecule has 0 aliphatic rings. The van der Waals surface area contributed by atoms with E-state index in [1.807, 2.05) is 6.07 Å². The van der Waals surface area contributed by atoms with E-state index in [0.29, 0.717) is 28.2 Å². The first-order valence-corrected chi connectivity index (χ1v) is 8.93. The number of nitrogens with one attached hydrogen (secondary N) is 3. The van der Waals surface area contributed by atoms with Gasteiger partial charge in [0, 0.05) is 35.7 Å². The number of carbonyl (C=O) groups excluding carboxylic acids is 3. The molecule has 0 atom stereocenters. The van der Waals surface area contributed by atoms with Gasteiger partial charge in [-0.05, 0) is 49.4 Å². The lowest BCUT2D eigenvalue weighted by molar-refractivity contribution is -0.114. The van der Waals surface area contributed by atoms with Gasteiger partial charge in [0.2, 0.25) is 5.91 Å². The maximum Gasteiger partial charge on any atom is 0.257 e. The quantitative estimate of drug-likeness (QED) is 0.549. The van der Waals surface area contributed by atoms with Crippen molar-refractivity contribution in [2.45, 2.75) is 13.8 Å². The van der Waals surface area contributed by atoms with E-state index in [4.69, 9.17) is 0 Å². The molecule has 3 N–H and O–H groups in total. The second kappa shape index (κ2) is 8.79. The molecule has 0 fully saturated rings. The SMILES string of the molecule is CC(=O)Nc1ccc(NC(=O)c2cncc(Nc3cccc(C(C)=O)c3)c2)cc1. The highest BCUT2D eigenvalue weighted by Gasteiger charge is 2.09. The van der Waals surface area contributed by atoms with Crippen LogP contribution in [0.3, 0.4) is 0 Å². The van der Waals surface area contributed by atoms with Gasteiger partial charge >= 0.3 is 0 Å². The van der Waals surface area contributed by atoms with Crippen LogP contribution in [0.4, 0.5) is 22.7 Å². The van der Waals surface area contributed by atoms with Crippen molar-refractivity contribution < 1.29 is 14.4 Å². The van der Waals surface area contributed by atoms with Gasteiger partial charge in [0.15, 0.2) is 5.78 Å². The summed E-state index contributed by atoms with van der Waals surface area (Å²) in [6, 6.07) is 15.6. The van der Waals surface area contributed by atoms with Gasteiger partial charge in [0.05, 0.1) is 17.4 Å². The van der Waals surface area contributed by atoms with Crippen molar-refractivity contribution in [2.24, 2.45) is 0 Å². The first-order valence-electron chi connectivity index (χ1n) is 8.93. The topological polar surface area (TPSA) is 100 Å². The Hall–Kier alpha value is -4.00. The molecule has 0 aliphatic heterocycles. The van der Waals surface area contributed by atoms with Gasteiger partial charge in [-0.2, -0.15) is 0 Å². The highest BCUT2D eigenvalue weighted by molar-refractivity contribution is 6.04. The maximum atomic E-state index is 12.5. The predicted molar refractivity (Wildman–Crippen MR) is 113 cm³/mol. The van der Waals surface area contributed by atoms with Crippen molar-refractivity contribution in [3.05, 3.63) is 78.1 Å². The number of amides is 2. The molecule has 2 amide bonds. The fourth-order valence-electron chi connectivity index (χ4n) is 2.66. The Balaban J connectivity index is 1.70. The number of aromatic nitrogens is 1. The number of anilines is 4. The molecule has 1 heterocycles. The van der Waals surface area contributed by atoms with E-state index in [0.717, 1.165) is 5.69 Å². The number of carbonyl (C=O) groups is 3. The average Bonchev–Trinajstić information content (AvgIpc) is 2.69. The fraction of sp³-hybridized carbons (Fsp3) is 0.0909. The summed E-state index contributed by atoms with van der Waals surface area (Å²) in [4.78, 5) is 39.2. The fourth-order valence-corrected chi connectivity index (χ4v) is 2.66. The minimum absolute atomic E-state index is 0.0237. The number of hydrogen-bond donors (Lipinski definition) is 3. The molecule has 2 aromatic carbocycles. The van der Waals surface area contributed by atoms with Gasteiger partial charge in [-0.15, -0.1) is 0 Å². The Morgan fingerprint density at radius 2 is 1.38 bits per heavy atom. The number of pyridine rings is 1. The molecule has 29 heavy (non-hydrogen) atoms. The second-order valence-electron chi connectivity index (χ2n) is 6.44. The van der Waals surface area contributed by atoms with Crippen LogP contribution in [0, 0.1) is 0 Å². The minimum atomic E-state index is -0.314. The van der Waals surface area contributed by atoms with Crippen molar-refractivity contribution in [3.63, 3.8) is 0 Å². The zero-order chi connectivity index (χ0) is 20.8. The van der Waals surface area contributed by atoms with Crippen LogP contribution in [0.15, 0.2) is 67.0 Å². The summed E-state index contributed by atoms with van der Waals surface area (Å²) < 4.78 is 0. The van der Waals surface area contributed by atoms with Crippen LogP contribution < -0.4 is 16.0 Å². The zero-order valence-electron chi connectivity index (χ0n) is 16.0. The lowest BCUT2D eigenvalue weighted by Crippen LogP contribution is -2.12. The summed E-state index contributed by atoms with van der Waals surface area (Å²) in [6.07, 6.45) is 3.07. The molecule has 0 spiro atoms.